The Labute approximate surface area is 94.0 Å². The summed E-state index contributed by atoms with van der Waals surface area (Å²) in [5, 5.41) is 10.1. The van der Waals surface area contributed by atoms with E-state index < -0.39 is 0 Å². The number of aromatic nitrogens is 1. The average Bonchev–Trinajstić information content (AvgIpc) is 2.25. The summed E-state index contributed by atoms with van der Waals surface area (Å²) in [4.78, 5) is 16.7. The first-order valence-corrected chi connectivity index (χ1v) is 4.75. The Hall–Kier alpha value is -2.11. The van der Waals surface area contributed by atoms with Crippen LogP contribution in [0.15, 0.2) is 12.3 Å². The summed E-state index contributed by atoms with van der Waals surface area (Å²) in [6, 6.07) is 1.68. The van der Waals surface area contributed by atoms with Crippen molar-refractivity contribution >= 4 is 23.6 Å². The van der Waals surface area contributed by atoms with Gasteiger partial charge in [-0.1, -0.05) is 0 Å². The minimum Gasteiger partial charge on any atom is -0.383 e. The second kappa shape index (κ2) is 5.11. The van der Waals surface area contributed by atoms with E-state index in [9.17, 15) is 4.79 Å². The molecule has 1 rings (SSSR count). The predicted molar refractivity (Wildman–Crippen MR) is 63.7 cm³/mol. The average molecular weight is 221 g/mol. The standard InChI is InChI=1S/C10H15N5O/c1-15(2)9(16)6-14-8-3-4-13-10(12)7(8)5-11/h3-5,11H,6H2,1-2H3,(H3,12,13,14). The third-order valence-corrected chi connectivity index (χ3v) is 2.09. The highest BCUT2D eigenvalue weighted by molar-refractivity contribution is 5.92. The number of hydrogen-bond acceptors (Lipinski definition) is 5. The van der Waals surface area contributed by atoms with Gasteiger partial charge in [0.25, 0.3) is 0 Å². The summed E-state index contributed by atoms with van der Waals surface area (Å²) >= 11 is 0. The zero-order chi connectivity index (χ0) is 12.1. The van der Waals surface area contributed by atoms with Crippen LogP contribution in [0.5, 0.6) is 0 Å². The maximum Gasteiger partial charge on any atom is 0.241 e. The van der Waals surface area contributed by atoms with E-state index in [1.165, 1.54) is 11.1 Å². The van der Waals surface area contributed by atoms with E-state index in [4.69, 9.17) is 11.1 Å². The first-order valence-electron chi connectivity index (χ1n) is 4.75. The Morgan fingerprint density at radius 3 is 2.94 bits per heavy atom. The molecule has 0 aliphatic heterocycles. The molecule has 0 bridgehead atoms. The van der Waals surface area contributed by atoms with Crippen LogP contribution in [0.1, 0.15) is 5.56 Å². The molecule has 0 spiro atoms. The van der Waals surface area contributed by atoms with Crippen LogP contribution in [0, 0.1) is 5.41 Å². The lowest BCUT2D eigenvalue weighted by molar-refractivity contribution is -0.126. The zero-order valence-electron chi connectivity index (χ0n) is 9.32. The lowest BCUT2D eigenvalue weighted by Gasteiger charge is -2.13. The lowest BCUT2D eigenvalue weighted by atomic mass is 10.2. The van der Waals surface area contributed by atoms with Crippen molar-refractivity contribution in [2.75, 3.05) is 31.7 Å². The molecule has 16 heavy (non-hydrogen) atoms. The van der Waals surface area contributed by atoms with Crippen molar-refractivity contribution in [3.8, 4) is 0 Å². The van der Waals surface area contributed by atoms with Crippen LogP contribution in [-0.2, 0) is 4.79 Å². The van der Waals surface area contributed by atoms with Crippen molar-refractivity contribution in [1.29, 1.82) is 5.41 Å². The van der Waals surface area contributed by atoms with Gasteiger partial charge < -0.3 is 21.4 Å². The second-order valence-corrected chi connectivity index (χ2v) is 3.44. The molecule has 1 aromatic heterocycles. The first-order chi connectivity index (χ1) is 7.56. The molecule has 0 atom stereocenters. The summed E-state index contributed by atoms with van der Waals surface area (Å²) in [6.07, 6.45) is 2.65. The number of hydrogen-bond donors (Lipinski definition) is 3. The van der Waals surface area contributed by atoms with E-state index >= 15 is 0 Å². The fourth-order valence-corrected chi connectivity index (χ4v) is 1.12. The van der Waals surface area contributed by atoms with Gasteiger partial charge in [0.05, 0.1) is 12.1 Å². The van der Waals surface area contributed by atoms with Crippen LogP contribution in [-0.4, -0.2) is 42.6 Å². The number of rotatable bonds is 4. The predicted octanol–water partition coefficient (Wildman–Crippen LogP) is 0.162. The second-order valence-electron chi connectivity index (χ2n) is 3.44. The molecule has 4 N–H and O–H groups in total. The van der Waals surface area contributed by atoms with Crippen molar-refractivity contribution in [2.24, 2.45) is 0 Å². The molecule has 0 aliphatic carbocycles. The van der Waals surface area contributed by atoms with Gasteiger partial charge in [-0.2, -0.15) is 0 Å². The molecule has 1 aromatic rings. The lowest BCUT2D eigenvalue weighted by Crippen LogP contribution is -2.28. The molecular weight excluding hydrogens is 206 g/mol. The van der Waals surface area contributed by atoms with Crippen molar-refractivity contribution in [2.45, 2.75) is 0 Å². The van der Waals surface area contributed by atoms with E-state index in [2.05, 4.69) is 10.3 Å². The molecule has 0 fully saturated rings. The van der Waals surface area contributed by atoms with Crippen molar-refractivity contribution in [3.63, 3.8) is 0 Å². The van der Waals surface area contributed by atoms with Crippen LogP contribution < -0.4 is 11.1 Å². The Morgan fingerprint density at radius 1 is 1.69 bits per heavy atom. The number of likely N-dealkylation sites (N-methyl/N-ethyl adjacent to an activating group) is 1. The molecule has 0 saturated heterocycles. The maximum atomic E-state index is 11.4. The number of amides is 1. The van der Waals surface area contributed by atoms with Gasteiger partial charge >= 0.3 is 0 Å². The first kappa shape index (κ1) is 12.0. The minimum atomic E-state index is -0.0497. The molecule has 0 saturated carbocycles. The van der Waals surface area contributed by atoms with Crippen LogP contribution in [0.2, 0.25) is 0 Å². The summed E-state index contributed by atoms with van der Waals surface area (Å²) in [6.45, 7) is 0.164. The van der Waals surface area contributed by atoms with Crippen molar-refractivity contribution < 1.29 is 4.79 Å². The largest absolute Gasteiger partial charge is 0.383 e. The SMILES string of the molecule is CN(C)C(=O)CNc1ccnc(N)c1C=N. The highest BCUT2D eigenvalue weighted by Gasteiger charge is 2.07. The van der Waals surface area contributed by atoms with E-state index in [0.29, 0.717) is 11.3 Å². The number of nitrogens with one attached hydrogen (secondary N) is 2. The van der Waals surface area contributed by atoms with Gasteiger partial charge in [0.2, 0.25) is 5.91 Å². The number of pyridine rings is 1. The molecule has 1 heterocycles. The molecule has 1 amide bonds. The normalized spacial score (nSPS) is 9.62. The quantitative estimate of drug-likeness (QED) is 0.631. The van der Waals surface area contributed by atoms with E-state index in [-0.39, 0.29) is 18.3 Å². The zero-order valence-corrected chi connectivity index (χ0v) is 9.32. The summed E-state index contributed by atoms with van der Waals surface area (Å²) in [5.74, 6) is 0.226. The molecule has 0 aliphatic rings. The number of nitrogen functional groups attached to an aromatic ring is 1. The third-order valence-electron chi connectivity index (χ3n) is 2.09. The summed E-state index contributed by atoms with van der Waals surface area (Å²) < 4.78 is 0. The van der Waals surface area contributed by atoms with Gasteiger partial charge in [-0.05, 0) is 6.07 Å². The van der Waals surface area contributed by atoms with Gasteiger partial charge in [0.15, 0.2) is 0 Å². The molecule has 6 heteroatoms. The molecule has 86 valence electrons. The molecule has 0 unspecified atom stereocenters. The van der Waals surface area contributed by atoms with Gasteiger partial charge in [0, 0.05) is 32.2 Å². The van der Waals surface area contributed by atoms with Crippen molar-refractivity contribution in [3.05, 3.63) is 17.8 Å². The van der Waals surface area contributed by atoms with Crippen LogP contribution in [0.3, 0.4) is 0 Å². The fraction of sp³-hybridized carbons (Fsp3) is 0.300. The van der Waals surface area contributed by atoms with E-state index in [0.717, 1.165) is 6.21 Å². The maximum absolute atomic E-state index is 11.4. The summed E-state index contributed by atoms with van der Waals surface area (Å²) in [7, 11) is 3.37. The molecule has 0 aromatic carbocycles. The number of anilines is 2. The number of nitrogens with two attached hydrogens (primary N) is 1. The molecule has 6 nitrogen and oxygen atoms in total. The highest BCUT2D eigenvalue weighted by atomic mass is 16.2. The van der Waals surface area contributed by atoms with Crippen LogP contribution >= 0.6 is 0 Å². The topological polar surface area (TPSA) is 95.1 Å². The van der Waals surface area contributed by atoms with E-state index in [1.54, 1.807) is 20.2 Å². The molecule has 0 radical (unpaired) electrons. The van der Waals surface area contributed by atoms with Crippen molar-refractivity contribution in [1.82, 2.24) is 9.88 Å². The Morgan fingerprint density at radius 2 is 2.38 bits per heavy atom. The van der Waals surface area contributed by atoms with Crippen LogP contribution in [0.4, 0.5) is 11.5 Å². The number of carbonyl (C=O) groups excluding carboxylic acids is 1. The Kier molecular flexibility index (Phi) is 3.82. The third kappa shape index (κ3) is 2.69. The molecular formula is C10H15N5O. The van der Waals surface area contributed by atoms with Gasteiger partial charge in [-0.25, -0.2) is 4.98 Å². The monoisotopic (exact) mass is 221 g/mol. The van der Waals surface area contributed by atoms with Gasteiger partial charge in [-0.3, -0.25) is 4.79 Å². The summed E-state index contributed by atoms with van der Waals surface area (Å²) in [5.41, 5.74) is 6.73. The Bertz CT molecular complexity index is 402. The number of carbonyl (C=O) groups is 1. The minimum absolute atomic E-state index is 0.0497. The number of nitrogens with zero attached hydrogens (tertiary/aromatic N) is 2. The highest BCUT2D eigenvalue weighted by Crippen LogP contribution is 2.16. The van der Waals surface area contributed by atoms with Gasteiger partial charge in [-0.15, -0.1) is 0 Å². The van der Waals surface area contributed by atoms with Gasteiger partial charge in [0.1, 0.15) is 5.82 Å². The van der Waals surface area contributed by atoms with Crippen LogP contribution in [0.25, 0.3) is 0 Å². The smallest absolute Gasteiger partial charge is 0.241 e. The Balaban J connectivity index is 2.78. The fourth-order valence-electron chi connectivity index (χ4n) is 1.12. The van der Waals surface area contributed by atoms with E-state index in [1.807, 2.05) is 0 Å².